The monoisotopic (exact) mass is 645 g/mol. The van der Waals surface area contributed by atoms with Gasteiger partial charge < -0.3 is 9.47 Å². The lowest BCUT2D eigenvalue weighted by molar-refractivity contribution is -0.154. The number of rotatable bonds is 28. The molecule has 2 aliphatic rings. The van der Waals surface area contributed by atoms with Crippen LogP contribution in [0.2, 0.25) is 0 Å². The zero-order valence-electron chi connectivity index (χ0n) is 29.7. The van der Waals surface area contributed by atoms with Gasteiger partial charge >= 0.3 is 23.9 Å². The first-order valence-electron chi connectivity index (χ1n) is 19.3. The van der Waals surface area contributed by atoms with Crippen LogP contribution in [0, 0.1) is 11.8 Å². The number of hydrogen-bond acceptors (Lipinski definition) is 6. The first-order chi connectivity index (χ1) is 22.5. The SMILES string of the molecule is CCCCC=CCCCCCCCCCCC1CC(=O)OC1=O.CCCCCCCCCCCCCCC=CC1CC(=O)OC1=O. The maximum Gasteiger partial charge on any atom is 0.321 e. The van der Waals surface area contributed by atoms with Crippen molar-refractivity contribution in [1.29, 1.82) is 0 Å². The zero-order chi connectivity index (χ0) is 33.5. The minimum atomic E-state index is -0.394. The predicted octanol–water partition coefficient (Wildman–Crippen LogP) is 11.4. The molecule has 2 unspecified atom stereocenters. The van der Waals surface area contributed by atoms with E-state index in [2.05, 4.69) is 35.5 Å². The van der Waals surface area contributed by atoms with Crippen molar-refractivity contribution >= 4 is 23.9 Å². The molecule has 46 heavy (non-hydrogen) atoms. The quantitative estimate of drug-likeness (QED) is 0.0364. The van der Waals surface area contributed by atoms with Crippen LogP contribution in [-0.2, 0) is 28.7 Å². The Bertz CT molecular complexity index is 860. The van der Waals surface area contributed by atoms with E-state index in [0.29, 0.717) is 6.42 Å². The minimum Gasteiger partial charge on any atom is -0.393 e. The molecule has 264 valence electrons. The Labute approximate surface area is 281 Å². The average molecular weight is 645 g/mol. The van der Waals surface area contributed by atoms with E-state index in [9.17, 15) is 19.2 Å². The molecular formula is C40H68O6. The van der Waals surface area contributed by atoms with Gasteiger partial charge in [0.2, 0.25) is 0 Å². The van der Waals surface area contributed by atoms with Gasteiger partial charge in [0.25, 0.3) is 0 Å². The third-order valence-electron chi connectivity index (χ3n) is 9.02. The van der Waals surface area contributed by atoms with E-state index in [0.717, 1.165) is 25.7 Å². The van der Waals surface area contributed by atoms with E-state index >= 15 is 0 Å². The fourth-order valence-corrected chi connectivity index (χ4v) is 6.02. The van der Waals surface area contributed by atoms with E-state index in [1.54, 1.807) is 0 Å². The van der Waals surface area contributed by atoms with Crippen molar-refractivity contribution in [3.8, 4) is 0 Å². The van der Waals surface area contributed by atoms with Gasteiger partial charge in [-0.3, -0.25) is 19.2 Å². The van der Waals surface area contributed by atoms with Crippen molar-refractivity contribution < 1.29 is 28.7 Å². The molecule has 2 fully saturated rings. The van der Waals surface area contributed by atoms with E-state index in [-0.39, 0.29) is 36.2 Å². The molecule has 2 heterocycles. The van der Waals surface area contributed by atoms with Gasteiger partial charge in [0, 0.05) is 0 Å². The fourth-order valence-electron chi connectivity index (χ4n) is 6.02. The zero-order valence-corrected chi connectivity index (χ0v) is 29.7. The van der Waals surface area contributed by atoms with E-state index in [1.165, 1.54) is 141 Å². The van der Waals surface area contributed by atoms with Gasteiger partial charge in [0.05, 0.1) is 24.7 Å². The average Bonchev–Trinajstić information content (AvgIpc) is 3.54. The Morgan fingerprint density at radius 3 is 1.35 bits per heavy atom. The minimum absolute atomic E-state index is 0.159. The number of carbonyl (C=O) groups excluding carboxylic acids is 4. The molecule has 6 heteroatoms. The molecule has 0 aliphatic carbocycles. The molecule has 0 amide bonds. The van der Waals surface area contributed by atoms with Gasteiger partial charge in [-0.15, -0.1) is 0 Å². The van der Waals surface area contributed by atoms with Crippen molar-refractivity contribution in [2.24, 2.45) is 11.8 Å². The molecule has 0 aromatic heterocycles. The number of cyclic esters (lactones) is 4. The van der Waals surface area contributed by atoms with E-state index in [1.807, 2.05) is 12.2 Å². The van der Waals surface area contributed by atoms with Crippen LogP contribution in [0.1, 0.15) is 194 Å². The van der Waals surface area contributed by atoms with Crippen molar-refractivity contribution in [2.45, 2.75) is 194 Å². The molecule has 0 bridgehead atoms. The highest BCUT2D eigenvalue weighted by Gasteiger charge is 2.32. The standard InChI is InChI=1S/2C20H34O3/c2*1-2-3-4-5-6-7-8-9-10-11-12-13-14-15-16-18-17-19(21)23-20(18)22/h15-16,18H,2-14,17H2,1H3;5-6,18H,2-4,7-17H2,1H3. The Kier molecular flexibility index (Phi) is 27.4. The maximum absolute atomic E-state index is 11.3. The summed E-state index contributed by atoms with van der Waals surface area (Å²) in [6.07, 6.45) is 42.2. The molecule has 0 saturated carbocycles. The molecule has 0 aromatic rings. The fraction of sp³-hybridized carbons (Fsp3) is 0.800. The van der Waals surface area contributed by atoms with Crippen molar-refractivity contribution in [3.63, 3.8) is 0 Å². The number of allylic oxidation sites excluding steroid dienone is 3. The Morgan fingerprint density at radius 2 is 0.891 bits per heavy atom. The third kappa shape index (κ3) is 24.0. The Hall–Kier alpha value is -2.24. The highest BCUT2D eigenvalue weighted by Crippen LogP contribution is 2.23. The van der Waals surface area contributed by atoms with Crippen LogP contribution in [-0.4, -0.2) is 23.9 Å². The molecule has 2 saturated heterocycles. The summed E-state index contributed by atoms with van der Waals surface area (Å²) in [5.41, 5.74) is 0. The van der Waals surface area contributed by atoms with Gasteiger partial charge in [0.1, 0.15) is 0 Å². The van der Waals surface area contributed by atoms with Crippen LogP contribution in [0.3, 0.4) is 0 Å². The summed E-state index contributed by atoms with van der Waals surface area (Å²) >= 11 is 0. The molecule has 2 rings (SSSR count). The second kappa shape index (κ2) is 30.1. The van der Waals surface area contributed by atoms with E-state index < -0.39 is 5.97 Å². The third-order valence-corrected chi connectivity index (χ3v) is 9.02. The van der Waals surface area contributed by atoms with Crippen LogP contribution >= 0.6 is 0 Å². The number of hydrogen-bond donors (Lipinski definition) is 0. The van der Waals surface area contributed by atoms with Crippen LogP contribution in [0.5, 0.6) is 0 Å². The van der Waals surface area contributed by atoms with Gasteiger partial charge in [-0.2, -0.15) is 0 Å². The lowest BCUT2D eigenvalue weighted by Gasteiger charge is -2.04. The molecular weight excluding hydrogens is 576 g/mol. The molecule has 0 spiro atoms. The first-order valence-corrected chi connectivity index (χ1v) is 19.3. The van der Waals surface area contributed by atoms with Crippen molar-refractivity contribution in [3.05, 3.63) is 24.3 Å². The summed E-state index contributed by atoms with van der Waals surface area (Å²) in [4.78, 5) is 44.5. The van der Waals surface area contributed by atoms with Gasteiger partial charge in [-0.05, 0) is 38.5 Å². The Balaban J connectivity index is 0.000000460. The highest BCUT2D eigenvalue weighted by molar-refractivity contribution is 5.95. The van der Waals surface area contributed by atoms with Gasteiger partial charge in [0.15, 0.2) is 0 Å². The normalized spacial score (nSPS) is 18.0. The number of unbranched alkanes of at least 4 members (excludes halogenated alkanes) is 22. The van der Waals surface area contributed by atoms with Crippen LogP contribution in [0.25, 0.3) is 0 Å². The summed E-state index contributed by atoms with van der Waals surface area (Å²) < 4.78 is 9.08. The molecule has 2 atom stereocenters. The summed E-state index contributed by atoms with van der Waals surface area (Å²) in [7, 11) is 0. The number of esters is 4. The largest absolute Gasteiger partial charge is 0.393 e. The van der Waals surface area contributed by atoms with Gasteiger partial charge in [-0.25, -0.2) is 0 Å². The maximum atomic E-state index is 11.3. The molecule has 0 aromatic carbocycles. The first kappa shape index (κ1) is 41.8. The van der Waals surface area contributed by atoms with E-state index in [4.69, 9.17) is 0 Å². The molecule has 6 nitrogen and oxygen atoms in total. The van der Waals surface area contributed by atoms with Crippen molar-refractivity contribution in [1.82, 2.24) is 0 Å². The summed E-state index contributed by atoms with van der Waals surface area (Å²) in [5.74, 6) is -1.93. The van der Waals surface area contributed by atoms with Gasteiger partial charge in [-0.1, -0.05) is 167 Å². The number of carbonyl (C=O) groups is 4. The molecule has 2 aliphatic heterocycles. The molecule has 0 N–H and O–H groups in total. The Morgan fingerprint density at radius 1 is 0.478 bits per heavy atom. The second-order valence-corrected chi connectivity index (χ2v) is 13.4. The number of ether oxygens (including phenoxy) is 2. The summed E-state index contributed by atoms with van der Waals surface area (Å²) in [6, 6.07) is 0. The van der Waals surface area contributed by atoms with Crippen LogP contribution in [0.15, 0.2) is 24.3 Å². The summed E-state index contributed by atoms with van der Waals surface area (Å²) in [6.45, 7) is 4.50. The lowest BCUT2D eigenvalue weighted by Crippen LogP contribution is -2.06. The topological polar surface area (TPSA) is 86.7 Å². The predicted molar refractivity (Wildman–Crippen MR) is 188 cm³/mol. The second-order valence-electron chi connectivity index (χ2n) is 13.4. The smallest absolute Gasteiger partial charge is 0.321 e. The highest BCUT2D eigenvalue weighted by atomic mass is 16.6. The summed E-state index contributed by atoms with van der Waals surface area (Å²) in [5, 5.41) is 0. The van der Waals surface area contributed by atoms with Crippen molar-refractivity contribution in [2.75, 3.05) is 0 Å². The molecule has 0 radical (unpaired) electrons. The lowest BCUT2D eigenvalue weighted by atomic mass is 9.99. The van der Waals surface area contributed by atoms with Crippen LogP contribution < -0.4 is 0 Å². The van der Waals surface area contributed by atoms with Crippen LogP contribution in [0.4, 0.5) is 0 Å².